The maximum absolute atomic E-state index is 11.8. The highest BCUT2D eigenvalue weighted by Gasteiger charge is 2.08. The van der Waals surface area contributed by atoms with Gasteiger partial charge in [-0.25, -0.2) is 5.43 Å². The number of nitrogens with one attached hydrogen (secondary N) is 1. The second kappa shape index (κ2) is 8.51. The predicted octanol–water partition coefficient (Wildman–Crippen LogP) is 4.90. The molecule has 0 saturated carbocycles. The normalized spacial score (nSPS) is 10.9. The van der Waals surface area contributed by atoms with Crippen LogP contribution in [0.3, 0.4) is 0 Å². The summed E-state index contributed by atoms with van der Waals surface area (Å²) in [6.07, 6.45) is 1.40. The largest absolute Gasteiger partial charge is 0.483 e. The van der Waals surface area contributed by atoms with Crippen LogP contribution in [-0.2, 0) is 4.79 Å². The monoisotopic (exact) mass is 428 g/mol. The molecule has 0 heterocycles. The zero-order valence-corrected chi connectivity index (χ0v) is 16.2. The summed E-state index contributed by atoms with van der Waals surface area (Å²) in [4.78, 5) is 11.8. The van der Waals surface area contributed by atoms with Gasteiger partial charge in [0.05, 0.1) is 16.3 Å². The summed E-state index contributed by atoms with van der Waals surface area (Å²) >= 11 is 15.5. The molecule has 1 N–H and O–H groups in total. The lowest BCUT2D eigenvalue weighted by molar-refractivity contribution is -0.123. The van der Waals surface area contributed by atoms with E-state index in [4.69, 9.17) is 27.9 Å². The minimum absolute atomic E-state index is 0.142. The van der Waals surface area contributed by atoms with Crippen molar-refractivity contribution in [3.8, 4) is 5.75 Å². The van der Waals surface area contributed by atoms with Gasteiger partial charge in [0.25, 0.3) is 5.91 Å². The first-order valence-electron chi connectivity index (χ1n) is 7.04. The Kier molecular flexibility index (Phi) is 6.66. The summed E-state index contributed by atoms with van der Waals surface area (Å²) in [5, 5.41) is 4.77. The number of hydrogen-bond donors (Lipinski definition) is 1. The summed E-state index contributed by atoms with van der Waals surface area (Å²) in [6.45, 7) is 3.70. The molecule has 1 amide bonds. The number of nitrogens with zero attached hydrogens (tertiary/aromatic N) is 1. The van der Waals surface area contributed by atoms with Crippen molar-refractivity contribution < 1.29 is 9.53 Å². The van der Waals surface area contributed by atoms with Gasteiger partial charge in [-0.05, 0) is 49.2 Å². The van der Waals surface area contributed by atoms with E-state index in [-0.39, 0.29) is 12.5 Å². The Morgan fingerprint density at radius 3 is 2.42 bits per heavy atom. The van der Waals surface area contributed by atoms with Gasteiger partial charge in [-0.15, -0.1) is 0 Å². The van der Waals surface area contributed by atoms with Crippen molar-refractivity contribution in [3.05, 3.63) is 61.5 Å². The van der Waals surface area contributed by atoms with Crippen LogP contribution in [0.4, 0.5) is 0 Å². The summed E-state index contributed by atoms with van der Waals surface area (Å²) < 4.78 is 6.54. The van der Waals surface area contributed by atoms with Gasteiger partial charge in [0.2, 0.25) is 0 Å². The number of aryl methyl sites for hydroxylation is 2. The summed E-state index contributed by atoms with van der Waals surface area (Å²) in [5.41, 5.74) is 4.82. The fourth-order valence-electron chi connectivity index (χ4n) is 2.10. The molecule has 0 bridgehead atoms. The fraction of sp³-hybridized carbons (Fsp3) is 0.176. The van der Waals surface area contributed by atoms with Crippen LogP contribution in [0.5, 0.6) is 5.75 Å². The van der Waals surface area contributed by atoms with Gasteiger partial charge >= 0.3 is 0 Å². The van der Waals surface area contributed by atoms with Gasteiger partial charge in [-0.3, -0.25) is 4.79 Å². The number of halogens is 3. The second-order valence-electron chi connectivity index (χ2n) is 5.09. The number of hydrogen-bond acceptors (Lipinski definition) is 3. The number of carbonyl (C=O) groups excluding carboxylic acids is 1. The second-order valence-corrected chi connectivity index (χ2v) is 6.82. The van der Waals surface area contributed by atoms with Gasteiger partial charge in [0, 0.05) is 10.0 Å². The van der Waals surface area contributed by atoms with Crippen LogP contribution in [0, 0.1) is 13.8 Å². The highest BCUT2D eigenvalue weighted by molar-refractivity contribution is 9.10. The molecule has 2 rings (SSSR count). The van der Waals surface area contributed by atoms with Crippen LogP contribution in [0.1, 0.15) is 16.7 Å². The third-order valence-electron chi connectivity index (χ3n) is 3.16. The average molecular weight is 430 g/mol. The van der Waals surface area contributed by atoms with Crippen molar-refractivity contribution in [2.75, 3.05) is 6.61 Å². The quantitative estimate of drug-likeness (QED) is 0.542. The molecule has 4 nitrogen and oxygen atoms in total. The van der Waals surface area contributed by atoms with Gasteiger partial charge in [-0.1, -0.05) is 45.2 Å². The SMILES string of the molecule is Cc1cc(Br)cc(C)c1OCC(=O)N/N=C/c1c(Cl)cccc1Cl. The zero-order chi connectivity index (χ0) is 17.7. The molecule has 0 fully saturated rings. The van der Waals surface area contributed by atoms with E-state index in [1.165, 1.54) is 6.21 Å². The molecule has 0 aliphatic heterocycles. The molecule has 0 unspecified atom stereocenters. The van der Waals surface area contributed by atoms with Crippen LogP contribution in [0.2, 0.25) is 10.0 Å². The number of benzene rings is 2. The molecule has 126 valence electrons. The Morgan fingerprint density at radius 1 is 1.25 bits per heavy atom. The molecular formula is C17H15BrCl2N2O2. The van der Waals surface area contributed by atoms with Crippen LogP contribution in [-0.4, -0.2) is 18.7 Å². The van der Waals surface area contributed by atoms with Crippen molar-refractivity contribution >= 4 is 51.3 Å². The van der Waals surface area contributed by atoms with Gasteiger partial charge in [0.15, 0.2) is 6.61 Å². The molecule has 0 radical (unpaired) electrons. The van der Waals surface area contributed by atoms with Gasteiger partial charge in [-0.2, -0.15) is 5.10 Å². The summed E-state index contributed by atoms with van der Waals surface area (Å²) in [6, 6.07) is 8.98. The molecule has 0 aliphatic rings. The van der Waals surface area contributed by atoms with E-state index in [1.807, 2.05) is 26.0 Å². The number of amides is 1. The molecule has 2 aromatic rings. The first kappa shape index (κ1) is 18.8. The first-order valence-corrected chi connectivity index (χ1v) is 8.59. The van der Waals surface area contributed by atoms with Crippen molar-refractivity contribution in [2.24, 2.45) is 5.10 Å². The molecular weight excluding hydrogens is 415 g/mol. The summed E-state index contributed by atoms with van der Waals surface area (Å²) in [5.74, 6) is 0.308. The topological polar surface area (TPSA) is 50.7 Å². The van der Waals surface area contributed by atoms with Crippen molar-refractivity contribution in [3.63, 3.8) is 0 Å². The van der Waals surface area contributed by atoms with Crippen molar-refractivity contribution in [1.29, 1.82) is 0 Å². The number of carbonyl (C=O) groups is 1. The number of hydrazone groups is 1. The Bertz CT molecular complexity index is 751. The minimum atomic E-state index is -0.379. The standard InChI is InChI=1S/C17H15BrCl2N2O2/c1-10-6-12(18)7-11(2)17(10)24-9-16(23)22-21-8-13-14(19)4-3-5-15(13)20/h3-8H,9H2,1-2H3,(H,22,23)/b21-8+. The highest BCUT2D eigenvalue weighted by Crippen LogP contribution is 2.27. The third kappa shape index (κ3) is 4.97. The predicted molar refractivity (Wildman–Crippen MR) is 101 cm³/mol. The van der Waals surface area contributed by atoms with Crippen molar-refractivity contribution in [1.82, 2.24) is 5.43 Å². The molecule has 0 saturated heterocycles. The third-order valence-corrected chi connectivity index (χ3v) is 4.27. The molecule has 0 aliphatic carbocycles. The van der Waals surface area contributed by atoms with Gasteiger partial charge < -0.3 is 4.74 Å². The Labute approximate surface area is 158 Å². The lowest BCUT2D eigenvalue weighted by atomic mass is 10.1. The number of rotatable bonds is 5. The van der Waals surface area contributed by atoms with Crippen LogP contribution in [0.25, 0.3) is 0 Å². The first-order chi connectivity index (χ1) is 11.4. The van der Waals surface area contributed by atoms with E-state index < -0.39 is 0 Å². The fourth-order valence-corrected chi connectivity index (χ4v) is 3.28. The molecule has 0 aromatic heterocycles. The molecule has 0 atom stereocenters. The lowest BCUT2D eigenvalue weighted by Gasteiger charge is -2.11. The maximum atomic E-state index is 11.8. The minimum Gasteiger partial charge on any atom is -0.483 e. The molecule has 0 spiro atoms. The molecule has 2 aromatic carbocycles. The smallest absolute Gasteiger partial charge is 0.277 e. The average Bonchev–Trinajstić information content (AvgIpc) is 2.49. The van der Waals surface area contributed by atoms with Crippen LogP contribution >= 0.6 is 39.1 Å². The van der Waals surface area contributed by atoms with Crippen molar-refractivity contribution in [2.45, 2.75) is 13.8 Å². The maximum Gasteiger partial charge on any atom is 0.277 e. The van der Waals surface area contributed by atoms with E-state index >= 15 is 0 Å². The lowest BCUT2D eigenvalue weighted by Crippen LogP contribution is -2.25. The Morgan fingerprint density at radius 2 is 1.83 bits per heavy atom. The zero-order valence-electron chi connectivity index (χ0n) is 13.1. The van der Waals surface area contributed by atoms with E-state index in [2.05, 4.69) is 26.5 Å². The van der Waals surface area contributed by atoms with E-state index in [9.17, 15) is 4.79 Å². The molecule has 24 heavy (non-hydrogen) atoms. The highest BCUT2D eigenvalue weighted by atomic mass is 79.9. The van der Waals surface area contributed by atoms with Crippen LogP contribution < -0.4 is 10.2 Å². The number of ether oxygens (including phenoxy) is 1. The molecule has 7 heteroatoms. The van der Waals surface area contributed by atoms with Gasteiger partial charge in [0.1, 0.15) is 5.75 Å². The summed E-state index contributed by atoms with van der Waals surface area (Å²) in [7, 11) is 0. The Balaban J connectivity index is 1.94. The van der Waals surface area contributed by atoms with E-state index in [0.29, 0.717) is 21.4 Å². The van der Waals surface area contributed by atoms with E-state index in [1.54, 1.807) is 18.2 Å². The van der Waals surface area contributed by atoms with Crippen LogP contribution in [0.15, 0.2) is 39.9 Å². The van der Waals surface area contributed by atoms with E-state index in [0.717, 1.165) is 15.6 Å². The Hall–Kier alpha value is -1.56.